The first kappa shape index (κ1) is 7.76. The molecule has 0 aromatic carbocycles. The fourth-order valence-corrected chi connectivity index (χ4v) is 1.24. The van der Waals surface area contributed by atoms with Crippen LogP contribution < -0.4 is 11.5 Å². The molecule has 0 amide bonds. The first-order chi connectivity index (χ1) is 4.79. The summed E-state index contributed by atoms with van der Waals surface area (Å²) in [6, 6.07) is 0.484. The molecule has 0 aromatic heterocycles. The third-order valence-electron chi connectivity index (χ3n) is 1.93. The van der Waals surface area contributed by atoms with Gasteiger partial charge in [-0.05, 0) is 12.8 Å². The van der Waals surface area contributed by atoms with Crippen LogP contribution in [0, 0.1) is 0 Å². The number of hydrogen-bond acceptors (Lipinski definition) is 2. The number of nitrogens with two attached hydrogens (primary N) is 2. The Kier molecular flexibility index (Phi) is 2.90. The molecule has 0 heterocycles. The summed E-state index contributed by atoms with van der Waals surface area (Å²) in [6.07, 6.45) is 8.73. The van der Waals surface area contributed by atoms with Gasteiger partial charge in [-0.2, -0.15) is 0 Å². The van der Waals surface area contributed by atoms with E-state index in [1.54, 1.807) is 0 Å². The highest BCUT2D eigenvalue weighted by atomic mass is 14.6. The van der Waals surface area contributed by atoms with Crippen LogP contribution in [0.2, 0.25) is 0 Å². The van der Waals surface area contributed by atoms with Crippen molar-refractivity contribution in [2.24, 2.45) is 11.5 Å². The van der Waals surface area contributed by atoms with Crippen molar-refractivity contribution in [2.45, 2.75) is 37.8 Å². The van der Waals surface area contributed by atoms with Crippen molar-refractivity contribution in [1.82, 2.24) is 0 Å². The molecule has 1 rings (SSSR count). The minimum atomic E-state index is 0.242. The van der Waals surface area contributed by atoms with Crippen LogP contribution >= 0.6 is 0 Å². The lowest BCUT2D eigenvalue weighted by molar-refractivity contribution is 0.562. The van der Waals surface area contributed by atoms with Crippen molar-refractivity contribution < 1.29 is 0 Å². The zero-order valence-corrected chi connectivity index (χ0v) is 6.29. The summed E-state index contributed by atoms with van der Waals surface area (Å²) in [4.78, 5) is 0. The molecule has 0 unspecified atom stereocenters. The van der Waals surface area contributed by atoms with Crippen molar-refractivity contribution in [1.29, 1.82) is 0 Å². The molecule has 2 nitrogen and oxygen atoms in total. The monoisotopic (exact) mass is 140 g/mol. The summed E-state index contributed by atoms with van der Waals surface area (Å²) >= 11 is 0. The van der Waals surface area contributed by atoms with Gasteiger partial charge < -0.3 is 11.5 Å². The smallest absolute Gasteiger partial charge is 0.0224 e. The molecule has 0 saturated heterocycles. The van der Waals surface area contributed by atoms with E-state index in [9.17, 15) is 0 Å². The largest absolute Gasteiger partial charge is 0.324 e. The molecule has 0 bridgehead atoms. The van der Waals surface area contributed by atoms with E-state index in [0.29, 0.717) is 0 Å². The molecule has 0 radical (unpaired) electrons. The van der Waals surface area contributed by atoms with Gasteiger partial charge >= 0.3 is 0 Å². The van der Waals surface area contributed by atoms with Gasteiger partial charge in [0, 0.05) is 12.1 Å². The van der Waals surface area contributed by atoms with E-state index in [1.165, 1.54) is 12.8 Å². The molecule has 2 heteroatoms. The van der Waals surface area contributed by atoms with Crippen molar-refractivity contribution in [3.05, 3.63) is 12.2 Å². The molecule has 0 saturated carbocycles. The fourth-order valence-electron chi connectivity index (χ4n) is 1.24. The van der Waals surface area contributed by atoms with Gasteiger partial charge in [-0.1, -0.05) is 25.0 Å². The molecule has 1 aliphatic carbocycles. The number of hydrogen-bond donors (Lipinski definition) is 2. The molecule has 0 aliphatic heterocycles. The maximum atomic E-state index is 5.72. The minimum Gasteiger partial charge on any atom is -0.324 e. The SMILES string of the molecule is N[C@H]1C=C[C@H](N)CCCC1. The van der Waals surface area contributed by atoms with E-state index < -0.39 is 0 Å². The van der Waals surface area contributed by atoms with Crippen LogP contribution in [0.4, 0.5) is 0 Å². The van der Waals surface area contributed by atoms with Gasteiger partial charge in [-0.3, -0.25) is 0 Å². The summed E-state index contributed by atoms with van der Waals surface area (Å²) in [5.74, 6) is 0. The Morgan fingerprint density at radius 2 is 1.30 bits per heavy atom. The second-order valence-corrected chi connectivity index (χ2v) is 3.00. The van der Waals surface area contributed by atoms with Crippen LogP contribution in [-0.2, 0) is 0 Å². The highest BCUT2D eigenvalue weighted by molar-refractivity contribution is 4.98. The second-order valence-electron chi connectivity index (χ2n) is 3.00. The molecule has 0 spiro atoms. The van der Waals surface area contributed by atoms with Gasteiger partial charge in [0.15, 0.2) is 0 Å². The predicted octanol–water partition coefficient (Wildman–Crippen LogP) is 0.771. The lowest BCUT2D eigenvalue weighted by Gasteiger charge is -2.13. The van der Waals surface area contributed by atoms with Crippen molar-refractivity contribution in [3.8, 4) is 0 Å². The van der Waals surface area contributed by atoms with Crippen molar-refractivity contribution >= 4 is 0 Å². The van der Waals surface area contributed by atoms with Crippen LogP contribution in [-0.4, -0.2) is 12.1 Å². The number of rotatable bonds is 0. The average molecular weight is 140 g/mol. The molecule has 1 aliphatic rings. The molecule has 0 fully saturated rings. The first-order valence-electron chi connectivity index (χ1n) is 3.98. The van der Waals surface area contributed by atoms with Crippen LogP contribution in [0.25, 0.3) is 0 Å². The van der Waals surface area contributed by atoms with Crippen LogP contribution in [0.3, 0.4) is 0 Å². The summed E-state index contributed by atoms with van der Waals surface area (Å²) in [5.41, 5.74) is 11.4. The average Bonchev–Trinajstić information content (AvgIpc) is 1.90. The highest BCUT2D eigenvalue weighted by Gasteiger charge is 2.04. The summed E-state index contributed by atoms with van der Waals surface area (Å²) in [6.45, 7) is 0. The second kappa shape index (κ2) is 3.74. The lowest BCUT2D eigenvalue weighted by atomic mass is 10.0. The van der Waals surface area contributed by atoms with E-state index in [0.717, 1.165) is 12.8 Å². The fraction of sp³-hybridized carbons (Fsp3) is 0.750. The topological polar surface area (TPSA) is 52.0 Å². The predicted molar refractivity (Wildman–Crippen MR) is 43.6 cm³/mol. The first-order valence-corrected chi connectivity index (χ1v) is 3.98. The van der Waals surface area contributed by atoms with Gasteiger partial charge in [0.1, 0.15) is 0 Å². The van der Waals surface area contributed by atoms with E-state index in [2.05, 4.69) is 0 Å². The van der Waals surface area contributed by atoms with Gasteiger partial charge in [0.05, 0.1) is 0 Å². The van der Waals surface area contributed by atoms with Crippen LogP contribution in [0.1, 0.15) is 25.7 Å². The molecule has 2 atom stereocenters. The van der Waals surface area contributed by atoms with Crippen molar-refractivity contribution in [3.63, 3.8) is 0 Å². The Hall–Kier alpha value is -0.340. The van der Waals surface area contributed by atoms with Gasteiger partial charge in [0.25, 0.3) is 0 Å². The van der Waals surface area contributed by atoms with Crippen LogP contribution in [0.5, 0.6) is 0 Å². The Bertz CT molecular complexity index is 106. The molecule has 4 N–H and O–H groups in total. The maximum Gasteiger partial charge on any atom is 0.0224 e. The Labute approximate surface area is 62.3 Å². The molecule has 58 valence electrons. The minimum absolute atomic E-state index is 0.242. The van der Waals surface area contributed by atoms with Crippen molar-refractivity contribution in [2.75, 3.05) is 0 Å². The molecule has 10 heavy (non-hydrogen) atoms. The zero-order valence-electron chi connectivity index (χ0n) is 6.29. The quantitative estimate of drug-likeness (QED) is 0.488. The Morgan fingerprint density at radius 1 is 0.900 bits per heavy atom. The zero-order chi connectivity index (χ0) is 7.40. The standard InChI is InChI=1S/C8H16N2/c9-7-3-1-2-4-8(10)6-5-7/h5-8H,1-4,9-10H2/t7-,8-/m1/s1. The Balaban J connectivity index is 2.42. The van der Waals surface area contributed by atoms with E-state index in [1.807, 2.05) is 12.2 Å². The molecular formula is C8H16N2. The third kappa shape index (κ3) is 2.50. The van der Waals surface area contributed by atoms with E-state index in [4.69, 9.17) is 11.5 Å². The third-order valence-corrected chi connectivity index (χ3v) is 1.93. The van der Waals surface area contributed by atoms with Gasteiger partial charge in [0.2, 0.25) is 0 Å². The maximum absolute atomic E-state index is 5.72. The summed E-state index contributed by atoms with van der Waals surface area (Å²) in [7, 11) is 0. The normalized spacial score (nSPS) is 35.0. The van der Waals surface area contributed by atoms with Gasteiger partial charge in [-0.25, -0.2) is 0 Å². The Morgan fingerprint density at radius 3 is 1.70 bits per heavy atom. The molecular weight excluding hydrogens is 124 g/mol. The lowest BCUT2D eigenvalue weighted by Crippen LogP contribution is -2.23. The van der Waals surface area contributed by atoms with Crippen LogP contribution in [0.15, 0.2) is 12.2 Å². The highest BCUT2D eigenvalue weighted by Crippen LogP contribution is 2.09. The van der Waals surface area contributed by atoms with Gasteiger partial charge in [-0.15, -0.1) is 0 Å². The van der Waals surface area contributed by atoms with E-state index in [-0.39, 0.29) is 12.1 Å². The molecule has 0 aromatic rings. The summed E-state index contributed by atoms with van der Waals surface area (Å²) in [5, 5.41) is 0. The summed E-state index contributed by atoms with van der Waals surface area (Å²) < 4.78 is 0. The van der Waals surface area contributed by atoms with E-state index >= 15 is 0 Å².